The van der Waals surface area contributed by atoms with E-state index in [0.29, 0.717) is 0 Å². The Morgan fingerprint density at radius 3 is 2.75 bits per heavy atom. The molecule has 0 radical (unpaired) electrons. The van der Waals surface area contributed by atoms with Crippen molar-refractivity contribution in [3.05, 3.63) is 23.8 Å². The van der Waals surface area contributed by atoms with E-state index >= 15 is 0 Å². The van der Waals surface area contributed by atoms with Gasteiger partial charge in [0.05, 0.1) is 0 Å². The smallest absolute Gasteiger partial charge is 0.223 e. The summed E-state index contributed by atoms with van der Waals surface area (Å²) in [6.07, 6.45) is 5.09. The fraction of sp³-hybridized carbons (Fsp3) is 0. The Balaban J connectivity index is 2.94. The van der Waals surface area contributed by atoms with Gasteiger partial charge in [-0.1, -0.05) is 0 Å². The van der Waals surface area contributed by atoms with Crippen molar-refractivity contribution in [2.24, 2.45) is 5.14 Å². The zero-order valence-electron chi connectivity index (χ0n) is 7.75. The van der Waals surface area contributed by atoms with Gasteiger partial charge in [0.1, 0.15) is 5.69 Å². The molecular formula is C8H5FN4O2S. The van der Waals surface area contributed by atoms with E-state index in [0.717, 1.165) is 4.52 Å². The average Bonchev–Trinajstić information content (AvgIpc) is 2.51. The van der Waals surface area contributed by atoms with Gasteiger partial charge >= 0.3 is 0 Å². The van der Waals surface area contributed by atoms with Gasteiger partial charge in [-0.2, -0.15) is 19.0 Å². The Bertz CT molecular complexity index is 713. The summed E-state index contributed by atoms with van der Waals surface area (Å²) in [5, 5.41) is 7.73. The lowest BCUT2D eigenvalue weighted by Crippen LogP contribution is -2.17. The SMILES string of the molecule is C#Cc1ccc2nc(F)c(S(N)(=O)=O)n2n1. The lowest BCUT2D eigenvalue weighted by atomic mass is 10.4. The molecule has 8 heteroatoms. The minimum atomic E-state index is -4.25. The number of nitrogens with zero attached hydrogens (tertiary/aromatic N) is 3. The van der Waals surface area contributed by atoms with Crippen LogP contribution >= 0.6 is 0 Å². The number of primary sulfonamides is 1. The largest absolute Gasteiger partial charge is 0.260 e. The van der Waals surface area contributed by atoms with E-state index in [-0.39, 0.29) is 11.3 Å². The normalized spacial score (nSPS) is 11.6. The van der Waals surface area contributed by atoms with Crippen LogP contribution in [-0.2, 0) is 10.0 Å². The quantitative estimate of drug-likeness (QED) is 0.680. The van der Waals surface area contributed by atoms with Gasteiger partial charge in [0.15, 0.2) is 5.65 Å². The molecule has 0 saturated heterocycles. The van der Waals surface area contributed by atoms with Crippen LogP contribution in [0.15, 0.2) is 17.2 Å². The molecule has 0 fully saturated rings. The molecule has 2 N–H and O–H groups in total. The maximum Gasteiger partial charge on any atom is 0.260 e. The molecule has 0 atom stereocenters. The number of hydrogen-bond donors (Lipinski definition) is 1. The first-order valence-corrected chi connectivity index (χ1v) is 5.53. The van der Waals surface area contributed by atoms with Gasteiger partial charge in [-0.3, -0.25) is 0 Å². The predicted octanol–water partition coefficient (Wildman–Crippen LogP) is -0.503. The van der Waals surface area contributed by atoms with Crippen LogP contribution in [0.1, 0.15) is 5.69 Å². The number of terminal acetylenes is 1. The van der Waals surface area contributed by atoms with Gasteiger partial charge < -0.3 is 0 Å². The van der Waals surface area contributed by atoms with E-state index in [1.165, 1.54) is 12.1 Å². The van der Waals surface area contributed by atoms with Gasteiger partial charge in [-0.25, -0.2) is 13.6 Å². The van der Waals surface area contributed by atoms with Crippen molar-refractivity contribution in [3.8, 4) is 12.3 Å². The summed E-state index contributed by atoms with van der Waals surface area (Å²) in [5.41, 5.74) is 0.162. The van der Waals surface area contributed by atoms with Crippen molar-refractivity contribution in [1.29, 1.82) is 0 Å². The molecule has 2 rings (SSSR count). The van der Waals surface area contributed by atoms with Crippen molar-refractivity contribution in [2.45, 2.75) is 5.03 Å². The summed E-state index contributed by atoms with van der Waals surface area (Å²) in [6, 6.07) is 2.76. The van der Waals surface area contributed by atoms with Crippen LogP contribution in [0.4, 0.5) is 4.39 Å². The summed E-state index contributed by atoms with van der Waals surface area (Å²) < 4.78 is 36.2. The van der Waals surface area contributed by atoms with Gasteiger partial charge in [0.25, 0.3) is 16.0 Å². The molecule has 6 nitrogen and oxygen atoms in total. The maximum atomic E-state index is 13.3. The zero-order valence-corrected chi connectivity index (χ0v) is 8.57. The standard InChI is InChI=1S/C8H5FN4O2S/c1-2-5-3-4-6-11-7(9)8(13(6)12-5)16(10,14)15/h1,3-4H,(H2,10,14,15). The van der Waals surface area contributed by atoms with Crippen molar-refractivity contribution >= 4 is 15.7 Å². The van der Waals surface area contributed by atoms with Gasteiger partial charge in [-0.15, -0.1) is 6.42 Å². The van der Waals surface area contributed by atoms with Crippen LogP contribution in [0.25, 0.3) is 5.65 Å². The monoisotopic (exact) mass is 240 g/mol. The topological polar surface area (TPSA) is 90.3 Å². The molecule has 0 aliphatic rings. The van der Waals surface area contributed by atoms with E-state index in [2.05, 4.69) is 16.0 Å². The second kappa shape index (κ2) is 3.26. The number of fused-ring (bicyclic) bond motifs is 1. The number of nitrogens with two attached hydrogens (primary N) is 1. The van der Waals surface area contributed by atoms with E-state index in [9.17, 15) is 12.8 Å². The summed E-state index contributed by atoms with van der Waals surface area (Å²) in [7, 11) is -4.25. The second-order valence-electron chi connectivity index (χ2n) is 2.89. The number of hydrogen-bond acceptors (Lipinski definition) is 4. The predicted molar refractivity (Wildman–Crippen MR) is 52.3 cm³/mol. The molecule has 82 valence electrons. The van der Waals surface area contributed by atoms with Gasteiger partial charge in [0, 0.05) is 0 Å². The summed E-state index contributed by atoms with van der Waals surface area (Å²) in [6.45, 7) is 0. The molecular weight excluding hydrogens is 235 g/mol. The van der Waals surface area contributed by atoms with E-state index in [1.807, 2.05) is 0 Å². The maximum absolute atomic E-state index is 13.3. The first-order valence-electron chi connectivity index (χ1n) is 3.98. The summed E-state index contributed by atoms with van der Waals surface area (Å²) >= 11 is 0. The average molecular weight is 240 g/mol. The fourth-order valence-corrected chi connectivity index (χ4v) is 1.86. The van der Waals surface area contributed by atoms with Crippen LogP contribution in [0.2, 0.25) is 0 Å². The van der Waals surface area contributed by atoms with Crippen LogP contribution in [0, 0.1) is 18.3 Å². The molecule has 0 saturated carbocycles. The van der Waals surface area contributed by atoms with E-state index in [1.54, 1.807) is 0 Å². The third-order valence-electron chi connectivity index (χ3n) is 1.81. The van der Waals surface area contributed by atoms with E-state index in [4.69, 9.17) is 11.6 Å². The lowest BCUT2D eigenvalue weighted by molar-refractivity contribution is 0.533. The third kappa shape index (κ3) is 1.52. The fourth-order valence-electron chi connectivity index (χ4n) is 1.20. The highest BCUT2D eigenvalue weighted by molar-refractivity contribution is 7.89. The lowest BCUT2D eigenvalue weighted by Gasteiger charge is -1.97. The zero-order chi connectivity index (χ0) is 11.9. The third-order valence-corrected chi connectivity index (χ3v) is 2.69. The van der Waals surface area contributed by atoms with Crippen LogP contribution in [-0.4, -0.2) is 23.0 Å². The molecule has 0 amide bonds. The Morgan fingerprint density at radius 1 is 1.50 bits per heavy atom. The highest BCUT2D eigenvalue weighted by Gasteiger charge is 2.23. The molecule has 2 aromatic rings. The van der Waals surface area contributed by atoms with E-state index < -0.39 is 21.0 Å². The molecule has 16 heavy (non-hydrogen) atoms. The Hall–Kier alpha value is -1.98. The van der Waals surface area contributed by atoms with Crippen LogP contribution in [0.5, 0.6) is 0 Å². The first-order chi connectivity index (χ1) is 7.43. The van der Waals surface area contributed by atoms with Crippen LogP contribution < -0.4 is 5.14 Å². The molecule has 0 spiro atoms. The number of halogens is 1. The van der Waals surface area contributed by atoms with Crippen molar-refractivity contribution < 1.29 is 12.8 Å². The molecule has 0 aliphatic carbocycles. The molecule has 0 aliphatic heterocycles. The first kappa shape index (κ1) is 10.5. The van der Waals surface area contributed by atoms with Crippen molar-refractivity contribution in [1.82, 2.24) is 14.6 Å². The molecule has 0 bridgehead atoms. The molecule has 0 unspecified atom stereocenters. The minimum absolute atomic E-state index is 0.0144. The Kier molecular flexibility index (Phi) is 2.15. The number of rotatable bonds is 1. The molecule has 2 aromatic heterocycles. The number of imidazole rings is 1. The van der Waals surface area contributed by atoms with Crippen molar-refractivity contribution in [2.75, 3.05) is 0 Å². The van der Waals surface area contributed by atoms with Crippen LogP contribution in [0.3, 0.4) is 0 Å². The summed E-state index contributed by atoms with van der Waals surface area (Å²) in [4.78, 5) is 3.36. The van der Waals surface area contributed by atoms with Crippen molar-refractivity contribution in [3.63, 3.8) is 0 Å². The molecule has 2 heterocycles. The summed E-state index contributed by atoms with van der Waals surface area (Å²) in [5.74, 6) is 0.985. The minimum Gasteiger partial charge on any atom is -0.223 e. The Morgan fingerprint density at radius 2 is 2.19 bits per heavy atom. The molecule has 0 aromatic carbocycles. The highest BCUT2D eigenvalue weighted by Crippen LogP contribution is 2.14. The second-order valence-corrected chi connectivity index (χ2v) is 4.36. The van der Waals surface area contributed by atoms with Gasteiger partial charge in [-0.05, 0) is 18.1 Å². The highest BCUT2D eigenvalue weighted by atomic mass is 32.2. The number of sulfonamides is 1. The Labute approximate surface area is 90.0 Å². The van der Waals surface area contributed by atoms with Gasteiger partial charge in [0.2, 0.25) is 5.03 Å². The number of aromatic nitrogens is 3.